The van der Waals surface area contributed by atoms with E-state index in [1.165, 1.54) is 18.2 Å². The highest BCUT2D eigenvalue weighted by Crippen LogP contribution is 2.62. The van der Waals surface area contributed by atoms with E-state index in [2.05, 4.69) is 4.72 Å². The molecule has 4 aliphatic rings. The van der Waals surface area contributed by atoms with Gasteiger partial charge in [-0.15, -0.1) is 0 Å². The summed E-state index contributed by atoms with van der Waals surface area (Å²) in [5.74, 6) is 0.903. The smallest absolute Gasteiger partial charge is 0.241 e. The molecule has 1 amide bonds. The highest BCUT2D eigenvalue weighted by molar-refractivity contribution is 7.89. The van der Waals surface area contributed by atoms with Gasteiger partial charge in [0, 0.05) is 21.9 Å². The number of nitrogens with one attached hydrogen (secondary N) is 1. The molecule has 5 rings (SSSR count). The van der Waals surface area contributed by atoms with Crippen molar-refractivity contribution in [1.82, 2.24) is 4.72 Å². The van der Waals surface area contributed by atoms with E-state index in [1.807, 2.05) is 0 Å². The number of carbonyl (C=O) groups is 2. The van der Waals surface area contributed by atoms with E-state index >= 15 is 0 Å². The zero-order chi connectivity index (χ0) is 22.8. The summed E-state index contributed by atoms with van der Waals surface area (Å²) in [6, 6.07) is 4.05. The summed E-state index contributed by atoms with van der Waals surface area (Å²) in [4.78, 5) is 25.3. The molecule has 0 aliphatic heterocycles. The SMILES string of the molecule is CC(C)(NS(=O)(=O)c1cc(Cl)cc(Cl)c1)C(=O)CC1C2CC3CC1CC(C(N)=O)(C3)C2. The fourth-order valence-electron chi connectivity index (χ4n) is 6.37. The number of Topliss-reactive ketones (excluding diaryl/α,β-unsaturated/α-hetero) is 1. The van der Waals surface area contributed by atoms with Crippen LogP contribution in [-0.2, 0) is 19.6 Å². The average molecular weight is 487 g/mol. The molecule has 0 aromatic heterocycles. The molecular weight excluding hydrogens is 459 g/mol. The van der Waals surface area contributed by atoms with Crippen LogP contribution < -0.4 is 10.5 Å². The summed E-state index contributed by atoms with van der Waals surface area (Å²) in [5, 5.41) is 0.406. The molecule has 2 atom stereocenters. The lowest BCUT2D eigenvalue weighted by molar-refractivity contribution is -0.152. The van der Waals surface area contributed by atoms with Gasteiger partial charge in [0.05, 0.1) is 10.4 Å². The Morgan fingerprint density at radius 3 is 2.16 bits per heavy atom. The highest BCUT2D eigenvalue weighted by atomic mass is 35.5. The van der Waals surface area contributed by atoms with Crippen LogP contribution in [0.5, 0.6) is 0 Å². The van der Waals surface area contributed by atoms with Crippen LogP contribution in [0.4, 0.5) is 0 Å². The number of primary amides is 1. The van der Waals surface area contributed by atoms with Crippen LogP contribution in [-0.4, -0.2) is 25.6 Å². The zero-order valence-corrected chi connectivity index (χ0v) is 20.0. The standard InChI is InChI=1S/C22H28Cl2N2O4S/c1-21(2,26-31(29,30)17-6-15(23)5-16(24)7-17)19(27)8-18-13-3-12-4-14(18)11-22(9-12,10-13)20(25)28/h5-7,12-14,18,26H,3-4,8-11H2,1-2H3,(H2,25,28). The first kappa shape index (κ1) is 23.0. The van der Waals surface area contributed by atoms with Gasteiger partial charge >= 0.3 is 0 Å². The molecule has 4 aliphatic carbocycles. The summed E-state index contributed by atoms with van der Waals surface area (Å²) >= 11 is 11.9. The second-order valence-corrected chi connectivity index (χ2v) is 12.8. The highest BCUT2D eigenvalue weighted by Gasteiger charge is 2.58. The Balaban J connectivity index is 1.49. The van der Waals surface area contributed by atoms with Crippen LogP contribution in [0.3, 0.4) is 0 Å². The normalized spacial score (nSPS) is 32.3. The first-order valence-corrected chi connectivity index (χ1v) is 12.9. The Morgan fingerprint density at radius 1 is 1.10 bits per heavy atom. The van der Waals surface area contributed by atoms with E-state index in [0.29, 0.717) is 24.2 Å². The molecule has 2 unspecified atom stereocenters. The van der Waals surface area contributed by atoms with E-state index in [-0.39, 0.29) is 32.5 Å². The molecule has 3 N–H and O–H groups in total. The molecule has 0 radical (unpaired) electrons. The minimum absolute atomic E-state index is 0.0797. The first-order valence-electron chi connectivity index (χ1n) is 10.6. The van der Waals surface area contributed by atoms with Crippen molar-refractivity contribution in [3.8, 4) is 0 Å². The quantitative estimate of drug-likeness (QED) is 0.608. The van der Waals surface area contributed by atoms with E-state index in [0.717, 1.165) is 32.1 Å². The van der Waals surface area contributed by atoms with Gasteiger partial charge in [-0.2, -0.15) is 4.72 Å². The van der Waals surface area contributed by atoms with Crippen molar-refractivity contribution < 1.29 is 18.0 Å². The molecule has 0 heterocycles. The molecule has 4 bridgehead atoms. The molecule has 0 saturated heterocycles. The number of rotatable bonds is 7. The minimum Gasteiger partial charge on any atom is -0.369 e. The predicted octanol–water partition coefficient (Wildman–Crippen LogP) is 3.94. The third-order valence-electron chi connectivity index (χ3n) is 7.65. The number of benzene rings is 1. The maximum atomic E-state index is 13.2. The second-order valence-electron chi connectivity index (χ2n) is 10.2. The second kappa shape index (κ2) is 7.72. The Morgan fingerprint density at radius 2 is 1.65 bits per heavy atom. The summed E-state index contributed by atoms with van der Waals surface area (Å²) < 4.78 is 28.3. The van der Waals surface area contributed by atoms with Crippen molar-refractivity contribution in [3.05, 3.63) is 28.2 Å². The molecule has 31 heavy (non-hydrogen) atoms. The maximum absolute atomic E-state index is 13.2. The molecule has 1 aromatic rings. The lowest BCUT2D eigenvalue weighted by Gasteiger charge is -2.59. The number of carbonyl (C=O) groups excluding carboxylic acids is 2. The lowest BCUT2D eigenvalue weighted by atomic mass is 9.45. The van der Waals surface area contributed by atoms with Gasteiger partial charge in [-0.25, -0.2) is 8.42 Å². The van der Waals surface area contributed by atoms with Crippen molar-refractivity contribution >= 4 is 44.9 Å². The predicted molar refractivity (Wildman–Crippen MR) is 119 cm³/mol. The Labute approximate surface area is 193 Å². The lowest BCUT2D eigenvalue weighted by Crippen LogP contribution is -2.57. The summed E-state index contributed by atoms with van der Waals surface area (Å²) in [5.41, 5.74) is 4.06. The third-order valence-corrected chi connectivity index (χ3v) is 9.72. The van der Waals surface area contributed by atoms with Crippen molar-refractivity contribution in [1.29, 1.82) is 0 Å². The number of nitrogens with two attached hydrogens (primary N) is 1. The summed E-state index contributed by atoms with van der Waals surface area (Å²) in [6.45, 7) is 3.17. The van der Waals surface area contributed by atoms with Gasteiger partial charge in [0.25, 0.3) is 0 Å². The molecule has 170 valence electrons. The van der Waals surface area contributed by atoms with Crippen molar-refractivity contribution in [2.45, 2.75) is 62.8 Å². The number of ketones is 1. The summed E-state index contributed by atoms with van der Waals surface area (Å²) in [6.07, 6.45) is 4.72. The molecule has 4 saturated carbocycles. The maximum Gasteiger partial charge on any atom is 0.241 e. The van der Waals surface area contributed by atoms with Gasteiger partial charge in [0.1, 0.15) is 0 Å². The molecule has 4 fully saturated rings. The number of hydrogen-bond acceptors (Lipinski definition) is 4. The number of halogens is 2. The zero-order valence-electron chi connectivity index (χ0n) is 17.7. The van der Waals surface area contributed by atoms with Crippen molar-refractivity contribution in [2.24, 2.45) is 34.8 Å². The monoisotopic (exact) mass is 486 g/mol. The molecule has 1 aromatic carbocycles. The number of sulfonamides is 1. The van der Waals surface area contributed by atoms with Gasteiger partial charge in [0.2, 0.25) is 15.9 Å². The Hall–Kier alpha value is -1.15. The number of amides is 1. The van der Waals surface area contributed by atoms with Gasteiger partial charge in [0.15, 0.2) is 5.78 Å². The Bertz CT molecular complexity index is 1000. The van der Waals surface area contributed by atoms with Crippen molar-refractivity contribution in [3.63, 3.8) is 0 Å². The van der Waals surface area contributed by atoms with Gasteiger partial charge in [-0.05, 0) is 87.8 Å². The van der Waals surface area contributed by atoms with E-state index < -0.39 is 21.0 Å². The molecule has 6 nitrogen and oxygen atoms in total. The molecule has 9 heteroatoms. The fraction of sp³-hybridized carbons (Fsp3) is 0.636. The largest absolute Gasteiger partial charge is 0.369 e. The van der Waals surface area contributed by atoms with Crippen LogP contribution >= 0.6 is 23.2 Å². The van der Waals surface area contributed by atoms with E-state index in [4.69, 9.17) is 28.9 Å². The first-order chi connectivity index (χ1) is 14.3. The summed E-state index contributed by atoms with van der Waals surface area (Å²) in [7, 11) is -3.99. The fourth-order valence-corrected chi connectivity index (χ4v) is 8.49. The van der Waals surface area contributed by atoms with Crippen molar-refractivity contribution in [2.75, 3.05) is 0 Å². The van der Waals surface area contributed by atoms with Gasteiger partial charge < -0.3 is 5.73 Å². The Kier molecular flexibility index (Phi) is 5.73. The van der Waals surface area contributed by atoms with Crippen LogP contribution in [0, 0.1) is 29.1 Å². The third kappa shape index (κ3) is 4.26. The van der Waals surface area contributed by atoms with Gasteiger partial charge in [-0.1, -0.05) is 23.2 Å². The average Bonchev–Trinajstić information content (AvgIpc) is 2.62. The number of hydrogen-bond donors (Lipinski definition) is 2. The van der Waals surface area contributed by atoms with Gasteiger partial charge in [-0.3, -0.25) is 9.59 Å². The van der Waals surface area contributed by atoms with E-state index in [1.54, 1.807) is 13.8 Å². The van der Waals surface area contributed by atoms with Crippen LogP contribution in [0.2, 0.25) is 10.0 Å². The molecule has 0 spiro atoms. The minimum atomic E-state index is -3.99. The van der Waals surface area contributed by atoms with Crippen LogP contribution in [0.1, 0.15) is 52.4 Å². The van der Waals surface area contributed by atoms with Crippen LogP contribution in [0.25, 0.3) is 0 Å². The molecular formula is C22H28Cl2N2O4S. The van der Waals surface area contributed by atoms with Crippen LogP contribution in [0.15, 0.2) is 23.1 Å². The van der Waals surface area contributed by atoms with E-state index in [9.17, 15) is 18.0 Å². The topological polar surface area (TPSA) is 106 Å².